The van der Waals surface area contributed by atoms with Crippen molar-refractivity contribution in [2.24, 2.45) is 0 Å². The van der Waals surface area contributed by atoms with Crippen molar-refractivity contribution < 1.29 is 8.85 Å². The molecule has 104 valence electrons. The van der Waals surface area contributed by atoms with E-state index in [1.165, 1.54) is 12.8 Å². The quantitative estimate of drug-likeness (QED) is 0.377. The molecule has 0 saturated heterocycles. The molecule has 0 aromatic heterocycles. The Morgan fingerprint density at radius 1 is 1.29 bits per heavy atom. The molecule has 5 heteroatoms. The summed E-state index contributed by atoms with van der Waals surface area (Å²) >= 11 is 4.58. The molecule has 0 aliphatic rings. The summed E-state index contributed by atoms with van der Waals surface area (Å²) in [5.41, 5.74) is 0. The number of hydrogen-bond donors (Lipinski definition) is 1. The Morgan fingerprint density at radius 3 is 2.41 bits per heavy atom. The van der Waals surface area contributed by atoms with Crippen molar-refractivity contribution >= 4 is 21.2 Å². The van der Waals surface area contributed by atoms with Crippen LogP contribution in [0.5, 0.6) is 0 Å². The van der Waals surface area contributed by atoms with Crippen molar-refractivity contribution in [1.82, 2.24) is 4.90 Å². The molecule has 0 aliphatic heterocycles. The van der Waals surface area contributed by atoms with Crippen LogP contribution < -0.4 is 0 Å². The van der Waals surface area contributed by atoms with Crippen LogP contribution in [0.25, 0.3) is 0 Å². The zero-order chi connectivity index (χ0) is 13.3. The van der Waals surface area contributed by atoms with Crippen LogP contribution in [0.3, 0.4) is 0 Å². The van der Waals surface area contributed by atoms with Gasteiger partial charge in [-0.05, 0) is 39.5 Å². The highest BCUT2D eigenvalue weighted by Crippen LogP contribution is 2.20. The molecule has 0 aliphatic carbocycles. The zero-order valence-corrected chi connectivity index (χ0v) is 13.9. The lowest BCUT2D eigenvalue weighted by molar-refractivity contribution is 0.124. The fourth-order valence-corrected chi connectivity index (χ4v) is 3.92. The summed E-state index contributed by atoms with van der Waals surface area (Å²) in [7, 11) is 3.84. The Bertz CT molecular complexity index is 195. The predicted molar refractivity (Wildman–Crippen MR) is 80.0 cm³/mol. The van der Waals surface area contributed by atoms with Gasteiger partial charge in [0.25, 0.3) is 0 Å². The van der Waals surface area contributed by atoms with Gasteiger partial charge in [0.2, 0.25) is 0 Å². The molecule has 0 bridgehead atoms. The number of thiol groups is 1. The first kappa shape index (κ1) is 17.4. The molecule has 0 saturated carbocycles. The maximum atomic E-state index is 5.90. The van der Waals surface area contributed by atoms with Crippen molar-refractivity contribution in [3.63, 3.8) is 0 Å². The van der Waals surface area contributed by atoms with Gasteiger partial charge in [-0.3, -0.25) is 4.90 Å². The second-order valence-corrected chi connectivity index (χ2v) is 9.22. The largest absolute Gasteiger partial charge is 0.398 e. The lowest BCUT2D eigenvalue weighted by Gasteiger charge is -2.27. The highest BCUT2D eigenvalue weighted by Gasteiger charge is 2.29. The van der Waals surface area contributed by atoms with E-state index in [1.807, 2.05) is 19.0 Å². The molecule has 0 spiro atoms. The van der Waals surface area contributed by atoms with Gasteiger partial charge in [-0.1, -0.05) is 19.8 Å². The van der Waals surface area contributed by atoms with Crippen LogP contribution in [0.4, 0.5) is 0 Å². The zero-order valence-electron chi connectivity index (χ0n) is 12.0. The summed E-state index contributed by atoms with van der Waals surface area (Å²) in [6.45, 7) is 5.00. The molecule has 0 fully saturated rings. The SMILES string of the molecule is CCCC(S)CCC[Si](C)(OC)OCN(C)C. The molecule has 0 rings (SSSR count). The van der Waals surface area contributed by atoms with E-state index in [4.69, 9.17) is 8.85 Å². The topological polar surface area (TPSA) is 21.7 Å². The Kier molecular flexibility index (Phi) is 9.63. The van der Waals surface area contributed by atoms with Crippen LogP contribution in [0, 0.1) is 0 Å². The lowest BCUT2D eigenvalue weighted by atomic mass is 10.2. The Labute approximate surface area is 114 Å². The number of rotatable bonds is 10. The third kappa shape index (κ3) is 9.08. The highest BCUT2D eigenvalue weighted by molar-refractivity contribution is 7.80. The molecule has 2 atom stereocenters. The van der Waals surface area contributed by atoms with Crippen LogP contribution in [0.1, 0.15) is 32.6 Å². The van der Waals surface area contributed by atoms with E-state index in [9.17, 15) is 0 Å². The molecule has 2 unspecified atom stereocenters. The van der Waals surface area contributed by atoms with Crippen molar-refractivity contribution in [3.8, 4) is 0 Å². The number of nitrogens with zero attached hydrogens (tertiary/aromatic N) is 1. The average Bonchev–Trinajstić information content (AvgIpc) is 2.27. The summed E-state index contributed by atoms with van der Waals surface area (Å²) in [6.07, 6.45) is 4.73. The maximum absolute atomic E-state index is 5.90. The van der Waals surface area contributed by atoms with Crippen LogP contribution in [-0.2, 0) is 8.85 Å². The standard InChI is InChI=1S/C12H29NO2SSi/c1-6-8-12(16)9-7-10-17(5,14-4)15-11-13(2)3/h12,16H,6-11H2,1-5H3. The van der Waals surface area contributed by atoms with Crippen LogP contribution in [-0.4, -0.2) is 46.6 Å². The fourth-order valence-electron chi connectivity index (χ4n) is 1.64. The van der Waals surface area contributed by atoms with Crippen molar-refractivity contribution in [3.05, 3.63) is 0 Å². The summed E-state index contributed by atoms with van der Waals surface area (Å²) in [4.78, 5) is 2.03. The Hall–Kier alpha value is 0.447. The average molecular weight is 280 g/mol. The summed E-state index contributed by atoms with van der Waals surface area (Å²) in [6, 6.07) is 1.05. The third-order valence-corrected chi connectivity index (χ3v) is 6.23. The Morgan fingerprint density at radius 2 is 1.94 bits per heavy atom. The second-order valence-electron chi connectivity index (χ2n) is 5.03. The van der Waals surface area contributed by atoms with Gasteiger partial charge < -0.3 is 8.85 Å². The third-order valence-electron chi connectivity index (χ3n) is 2.85. The molecule has 0 aromatic rings. The molecular formula is C12H29NO2SSi. The summed E-state index contributed by atoms with van der Waals surface area (Å²) in [5, 5.41) is 0.531. The van der Waals surface area contributed by atoms with Gasteiger partial charge in [0.05, 0.1) is 6.73 Å². The predicted octanol–water partition coefficient (Wildman–Crippen LogP) is 3.12. The van der Waals surface area contributed by atoms with Gasteiger partial charge in [0.1, 0.15) is 0 Å². The van der Waals surface area contributed by atoms with E-state index >= 15 is 0 Å². The van der Waals surface area contributed by atoms with Gasteiger partial charge in [-0.25, -0.2) is 0 Å². The van der Waals surface area contributed by atoms with Gasteiger partial charge in [-0.15, -0.1) is 0 Å². The van der Waals surface area contributed by atoms with E-state index in [-0.39, 0.29) is 0 Å². The minimum absolute atomic E-state index is 0.531. The Balaban J connectivity index is 3.86. The fraction of sp³-hybridized carbons (Fsp3) is 1.00. The van der Waals surface area contributed by atoms with E-state index in [1.54, 1.807) is 7.11 Å². The summed E-state index contributed by atoms with van der Waals surface area (Å²) in [5.74, 6) is 0. The van der Waals surface area contributed by atoms with Gasteiger partial charge in [0.15, 0.2) is 0 Å². The van der Waals surface area contributed by atoms with Crippen LogP contribution in [0.15, 0.2) is 0 Å². The van der Waals surface area contributed by atoms with Crippen LogP contribution in [0.2, 0.25) is 12.6 Å². The molecule has 0 N–H and O–H groups in total. The molecule has 17 heavy (non-hydrogen) atoms. The van der Waals surface area contributed by atoms with Crippen LogP contribution >= 0.6 is 12.6 Å². The smallest absolute Gasteiger partial charge is 0.335 e. The van der Waals surface area contributed by atoms with Gasteiger partial charge in [0, 0.05) is 12.4 Å². The van der Waals surface area contributed by atoms with Crippen molar-refractivity contribution in [2.75, 3.05) is 27.9 Å². The monoisotopic (exact) mass is 279 g/mol. The minimum atomic E-state index is -1.95. The van der Waals surface area contributed by atoms with Gasteiger partial charge >= 0.3 is 8.56 Å². The number of hydrogen-bond acceptors (Lipinski definition) is 4. The maximum Gasteiger partial charge on any atom is 0.335 e. The molecule has 0 heterocycles. The first-order valence-electron chi connectivity index (χ1n) is 6.45. The molecule has 0 radical (unpaired) electrons. The minimum Gasteiger partial charge on any atom is -0.398 e. The highest BCUT2D eigenvalue weighted by atomic mass is 32.1. The molecule has 3 nitrogen and oxygen atoms in total. The summed E-state index contributed by atoms with van der Waals surface area (Å²) < 4.78 is 11.5. The molecule has 0 aromatic carbocycles. The van der Waals surface area contributed by atoms with E-state index in [0.29, 0.717) is 12.0 Å². The molecule has 0 amide bonds. The van der Waals surface area contributed by atoms with E-state index < -0.39 is 8.56 Å². The van der Waals surface area contributed by atoms with E-state index in [0.717, 1.165) is 18.9 Å². The van der Waals surface area contributed by atoms with Crippen molar-refractivity contribution in [1.29, 1.82) is 0 Å². The molecular weight excluding hydrogens is 250 g/mol. The van der Waals surface area contributed by atoms with Gasteiger partial charge in [-0.2, -0.15) is 12.6 Å². The second kappa shape index (κ2) is 9.39. The first-order valence-corrected chi connectivity index (χ1v) is 9.49. The lowest BCUT2D eigenvalue weighted by Crippen LogP contribution is -2.40. The normalized spacial score (nSPS) is 17.1. The first-order chi connectivity index (χ1) is 7.93. The van der Waals surface area contributed by atoms with E-state index in [2.05, 4.69) is 26.1 Å². The van der Waals surface area contributed by atoms with Crippen molar-refractivity contribution in [2.45, 2.75) is 50.4 Å².